The lowest BCUT2D eigenvalue weighted by Gasteiger charge is -2.08. The molecule has 3 N–H and O–H groups in total. The van der Waals surface area contributed by atoms with Gasteiger partial charge in [-0.25, -0.2) is 13.4 Å². The van der Waals surface area contributed by atoms with Gasteiger partial charge in [-0.15, -0.1) is 0 Å². The summed E-state index contributed by atoms with van der Waals surface area (Å²) in [5.41, 5.74) is 7.63. The molecule has 3 rings (SSSR count). The predicted octanol–water partition coefficient (Wildman–Crippen LogP) is 4.94. The molecule has 0 saturated heterocycles. The molecule has 0 radical (unpaired) electrons. The standard InChI is InChI=1S/C19H15Cl2N3O2S/c20-15-4-3-14(18(21)12-15)2-1-13-9-10-23-19(11-13)24-27(25,26)17-7-5-16(22)6-8-17/h1-12H,22H2,(H,23,24)/b2-1+. The molecule has 0 atom stereocenters. The second kappa shape index (κ2) is 8.00. The molecule has 0 aliphatic rings. The van der Waals surface area contributed by atoms with Gasteiger partial charge in [-0.2, -0.15) is 0 Å². The van der Waals surface area contributed by atoms with Crippen LogP contribution in [0.15, 0.2) is 65.7 Å². The number of nitrogens with zero attached hydrogens (tertiary/aromatic N) is 1. The fraction of sp³-hybridized carbons (Fsp3) is 0. The zero-order valence-electron chi connectivity index (χ0n) is 13.9. The summed E-state index contributed by atoms with van der Waals surface area (Å²) in [6.07, 6.45) is 5.13. The number of hydrogen-bond donors (Lipinski definition) is 2. The minimum Gasteiger partial charge on any atom is -0.399 e. The minimum absolute atomic E-state index is 0.104. The molecule has 2 aromatic carbocycles. The first-order chi connectivity index (χ1) is 12.8. The number of benzene rings is 2. The van der Waals surface area contributed by atoms with Gasteiger partial charge in [-0.3, -0.25) is 4.72 Å². The van der Waals surface area contributed by atoms with E-state index >= 15 is 0 Å². The van der Waals surface area contributed by atoms with E-state index in [1.807, 2.05) is 6.08 Å². The van der Waals surface area contributed by atoms with E-state index in [0.717, 1.165) is 11.1 Å². The number of halogens is 2. The van der Waals surface area contributed by atoms with Crippen LogP contribution in [0.25, 0.3) is 12.2 Å². The molecule has 5 nitrogen and oxygen atoms in total. The van der Waals surface area contributed by atoms with Gasteiger partial charge in [0.15, 0.2) is 0 Å². The van der Waals surface area contributed by atoms with Gasteiger partial charge in [0, 0.05) is 21.9 Å². The summed E-state index contributed by atoms with van der Waals surface area (Å²) >= 11 is 12.0. The number of nitrogens with two attached hydrogens (primary N) is 1. The van der Waals surface area contributed by atoms with Crippen LogP contribution in [0.4, 0.5) is 11.5 Å². The highest BCUT2D eigenvalue weighted by molar-refractivity contribution is 7.92. The molecular weight excluding hydrogens is 405 g/mol. The van der Waals surface area contributed by atoms with E-state index in [0.29, 0.717) is 15.7 Å². The van der Waals surface area contributed by atoms with Crippen molar-refractivity contribution < 1.29 is 8.42 Å². The first kappa shape index (κ1) is 19.2. The Morgan fingerprint density at radius 2 is 1.70 bits per heavy atom. The van der Waals surface area contributed by atoms with E-state index in [-0.39, 0.29) is 10.7 Å². The van der Waals surface area contributed by atoms with E-state index in [1.165, 1.54) is 30.5 Å². The second-order valence-corrected chi connectivity index (χ2v) is 8.17. The van der Waals surface area contributed by atoms with Crippen molar-refractivity contribution in [3.8, 4) is 0 Å². The van der Waals surface area contributed by atoms with Gasteiger partial charge in [0.25, 0.3) is 10.0 Å². The molecular formula is C19H15Cl2N3O2S. The van der Waals surface area contributed by atoms with Gasteiger partial charge >= 0.3 is 0 Å². The minimum atomic E-state index is -3.75. The van der Waals surface area contributed by atoms with Crippen LogP contribution < -0.4 is 10.5 Å². The van der Waals surface area contributed by atoms with E-state index in [9.17, 15) is 8.42 Å². The van der Waals surface area contributed by atoms with E-state index in [4.69, 9.17) is 28.9 Å². The quantitative estimate of drug-likeness (QED) is 0.573. The SMILES string of the molecule is Nc1ccc(S(=O)(=O)Nc2cc(/C=C/c3ccc(Cl)cc3Cl)ccn2)cc1. The third kappa shape index (κ3) is 5.01. The molecule has 0 amide bonds. The largest absolute Gasteiger partial charge is 0.399 e. The normalized spacial score (nSPS) is 11.6. The Kier molecular flexibility index (Phi) is 5.70. The van der Waals surface area contributed by atoms with Crippen molar-refractivity contribution in [3.05, 3.63) is 82.0 Å². The smallest absolute Gasteiger partial charge is 0.263 e. The summed E-state index contributed by atoms with van der Waals surface area (Å²) in [4.78, 5) is 4.16. The fourth-order valence-electron chi connectivity index (χ4n) is 2.27. The Morgan fingerprint density at radius 1 is 0.963 bits per heavy atom. The molecule has 3 aromatic rings. The lowest BCUT2D eigenvalue weighted by Crippen LogP contribution is -2.13. The van der Waals surface area contributed by atoms with Gasteiger partial charge in [0.05, 0.1) is 4.90 Å². The second-order valence-electron chi connectivity index (χ2n) is 5.65. The Bertz CT molecular complexity index is 1100. The predicted molar refractivity (Wildman–Crippen MR) is 111 cm³/mol. The van der Waals surface area contributed by atoms with Crippen molar-refractivity contribution in [1.29, 1.82) is 0 Å². The van der Waals surface area contributed by atoms with Crippen LogP contribution in [0.1, 0.15) is 11.1 Å². The Morgan fingerprint density at radius 3 is 2.41 bits per heavy atom. The van der Waals surface area contributed by atoms with E-state index < -0.39 is 10.0 Å². The van der Waals surface area contributed by atoms with Crippen molar-refractivity contribution in [1.82, 2.24) is 4.98 Å². The van der Waals surface area contributed by atoms with Gasteiger partial charge in [-0.05, 0) is 59.7 Å². The molecule has 138 valence electrons. The summed E-state index contributed by atoms with van der Waals surface area (Å²) in [5, 5.41) is 1.08. The molecule has 0 bridgehead atoms. The van der Waals surface area contributed by atoms with E-state index in [2.05, 4.69) is 9.71 Å². The van der Waals surface area contributed by atoms with E-state index in [1.54, 1.807) is 36.4 Å². The first-order valence-electron chi connectivity index (χ1n) is 7.81. The van der Waals surface area contributed by atoms with Crippen LogP contribution in [0.2, 0.25) is 10.0 Å². The summed E-state index contributed by atoms with van der Waals surface area (Å²) in [6, 6.07) is 14.5. The molecule has 0 aliphatic heterocycles. The highest BCUT2D eigenvalue weighted by Crippen LogP contribution is 2.23. The molecule has 27 heavy (non-hydrogen) atoms. The number of pyridine rings is 1. The lowest BCUT2D eigenvalue weighted by molar-refractivity contribution is 0.601. The lowest BCUT2D eigenvalue weighted by atomic mass is 10.1. The Hall–Kier alpha value is -2.54. The topological polar surface area (TPSA) is 85.1 Å². The number of aromatic nitrogens is 1. The molecule has 0 aliphatic carbocycles. The molecule has 1 aromatic heterocycles. The number of hydrogen-bond acceptors (Lipinski definition) is 4. The van der Waals surface area contributed by atoms with Crippen LogP contribution in [0, 0.1) is 0 Å². The van der Waals surface area contributed by atoms with Crippen LogP contribution >= 0.6 is 23.2 Å². The molecule has 8 heteroatoms. The summed E-state index contributed by atoms with van der Waals surface area (Å²) in [6.45, 7) is 0. The number of nitrogens with one attached hydrogen (secondary N) is 1. The van der Waals surface area contributed by atoms with Crippen molar-refractivity contribution in [2.45, 2.75) is 4.90 Å². The number of rotatable bonds is 5. The van der Waals surface area contributed by atoms with Crippen LogP contribution in [0.3, 0.4) is 0 Å². The molecule has 0 fully saturated rings. The Balaban J connectivity index is 1.81. The maximum atomic E-state index is 12.4. The fourth-order valence-corrected chi connectivity index (χ4v) is 3.74. The Labute approximate surface area is 167 Å². The van der Waals surface area contributed by atoms with Crippen molar-refractivity contribution >= 4 is 56.9 Å². The van der Waals surface area contributed by atoms with Crippen molar-refractivity contribution in [3.63, 3.8) is 0 Å². The first-order valence-corrected chi connectivity index (χ1v) is 10.0. The molecule has 1 heterocycles. The highest BCUT2D eigenvalue weighted by Gasteiger charge is 2.14. The molecule has 0 spiro atoms. The summed E-state index contributed by atoms with van der Waals surface area (Å²) < 4.78 is 27.3. The third-order valence-electron chi connectivity index (χ3n) is 3.63. The number of sulfonamides is 1. The molecule has 0 unspecified atom stereocenters. The highest BCUT2D eigenvalue weighted by atomic mass is 35.5. The van der Waals surface area contributed by atoms with Gasteiger partial charge in [-0.1, -0.05) is 41.4 Å². The summed E-state index contributed by atoms with van der Waals surface area (Å²) in [5.74, 6) is 0.205. The van der Waals surface area contributed by atoms with Crippen molar-refractivity contribution in [2.75, 3.05) is 10.5 Å². The van der Waals surface area contributed by atoms with Gasteiger partial charge < -0.3 is 5.73 Å². The summed E-state index contributed by atoms with van der Waals surface area (Å²) in [7, 11) is -3.75. The zero-order valence-corrected chi connectivity index (χ0v) is 16.3. The maximum absolute atomic E-state index is 12.4. The average molecular weight is 420 g/mol. The van der Waals surface area contributed by atoms with Crippen LogP contribution in [-0.4, -0.2) is 13.4 Å². The molecule has 0 saturated carbocycles. The average Bonchev–Trinajstić information content (AvgIpc) is 2.61. The van der Waals surface area contributed by atoms with Crippen molar-refractivity contribution in [2.24, 2.45) is 0 Å². The monoisotopic (exact) mass is 419 g/mol. The van der Waals surface area contributed by atoms with Crippen LogP contribution in [-0.2, 0) is 10.0 Å². The van der Waals surface area contributed by atoms with Gasteiger partial charge in [0.2, 0.25) is 0 Å². The zero-order chi connectivity index (χ0) is 19.4. The number of nitrogen functional groups attached to an aromatic ring is 1. The maximum Gasteiger partial charge on any atom is 0.263 e. The van der Waals surface area contributed by atoms with Crippen LogP contribution in [0.5, 0.6) is 0 Å². The number of anilines is 2. The van der Waals surface area contributed by atoms with Gasteiger partial charge in [0.1, 0.15) is 5.82 Å². The third-order valence-corrected chi connectivity index (χ3v) is 5.56.